The van der Waals surface area contributed by atoms with E-state index in [0.717, 1.165) is 18.9 Å². The fourth-order valence-electron chi connectivity index (χ4n) is 2.98. The quantitative estimate of drug-likeness (QED) is 0.375. The van der Waals surface area contributed by atoms with E-state index in [0.29, 0.717) is 18.8 Å². The fourth-order valence-corrected chi connectivity index (χ4v) is 4.68. The Morgan fingerprint density at radius 2 is 1.77 bits per heavy atom. The maximum absolute atomic E-state index is 12.5. The van der Waals surface area contributed by atoms with E-state index in [1.54, 1.807) is 0 Å². The van der Waals surface area contributed by atoms with Gasteiger partial charge in [0.15, 0.2) is 6.61 Å². The summed E-state index contributed by atoms with van der Waals surface area (Å²) >= 11 is 5.69. The van der Waals surface area contributed by atoms with Crippen LogP contribution in [0.1, 0.15) is 23.2 Å². The number of nitrogens with one attached hydrogen (secondary N) is 1. The second kappa shape index (κ2) is 9.41. The molecule has 0 bridgehead atoms. The van der Waals surface area contributed by atoms with Gasteiger partial charge in [0.25, 0.3) is 11.6 Å². The Morgan fingerprint density at radius 1 is 1.13 bits per heavy atom. The number of nitro groups is 1. The first-order valence-electron chi connectivity index (χ1n) is 9.19. The second-order valence-corrected chi connectivity index (χ2v) is 9.03. The molecule has 0 aliphatic carbocycles. The topological polar surface area (TPSA) is 136 Å². The smallest absolute Gasteiger partial charge is 0.338 e. The number of rotatable bonds is 7. The standard InChI is InChI=1S/C19H18ClN3O7S/c20-16-8-3-13(11-17(16)23(26)27)19(25)30-12-18(24)21-14-4-6-15(7-5-14)31(28,29)22-9-1-2-10-22/h3-8,11H,1-2,9-10,12H2,(H,21,24). The predicted molar refractivity (Wildman–Crippen MR) is 111 cm³/mol. The zero-order valence-electron chi connectivity index (χ0n) is 16.1. The number of nitrogens with zero attached hydrogens (tertiary/aromatic N) is 2. The van der Waals surface area contributed by atoms with Crippen LogP contribution in [0.5, 0.6) is 0 Å². The van der Waals surface area contributed by atoms with Crippen LogP contribution in [0, 0.1) is 10.1 Å². The van der Waals surface area contributed by atoms with E-state index >= 15 is 0 Å². The molecule has 12 heteroatoms. The van der Waals surface area contributed by atoms with Crippen molar-refractivity contribution in [3.05, 3.63) is 63.2 Å². The number of carbonyl (C=O) groups is 2. The van der Waals surface area contributed by atoms with Crippen LogP contribution in [0.4, 0.5) is 11.4 Å². The average molecular weight is 468 g/mol. The van der Waals surface area contributed by atoms with E-state index in [4.69, 9.17) is 16.3 Å². The summed E-state index contributed by atoms with van der Waals surface area (Å²) in [6.45, 7) is 0.342. The fraction of sp³-hybridized carbons (Fsp3) is 0.263. The third-order valence-corrected chi connectivity index (χ3v) is 6.79. The molecule has 1 aliphatic heterocycles. The lowest BCUT2D eigenvalue weighted by Gasteiger charge is -2.15. The predicted octanol–water partition coefficient (Wildman–Crippen LogP) is 2.83. The van der Waals surface area contributed by atoms with Gasteiger partial charge >= 0.3 is 5.97 Å². The minimum absolute atomic E-state index is 0.125. The molecule has 2 aromatic carbocycles. The van der Waals surface area contributed by atoms with Gasteiger partial charge < -0.3 is 10.1 Å². The summed E-state index contributed by atoms with van der Waals surface area (Å²) in [5, 5.41) is 13.2. The second-order valence-electron chi connectivity index (χ2n) is 6.68. The van der Waals surface area contributed by atoms with Crippen molar-refractivity contribution in [1.82, 2.24) is 4.31 Å². The maximum Gasteiger partial charge on any atom is 0.338 e. The molecular formula is C19H18ClN3O7S. The molecule has 0 atom stereocenters. The van der Waals surface area contributed by atoms with Gasteiger partial charge in [0.1, 0.15) is 5.02 Å². The zero-order valence-corrected chi connectivity index (χ0v) is 17.7. The molecule has 1 saturated heterocycles. The summed E-state index contributed by atoms with van der Waals surface area (Å²) in [4.78, 5) is 34.3. The Hall–Kier alpha value is -3.02. The highest BCUT2D eigenvalue weighted by molar-refractivity contribution is 7.89. The van der Waals surface area contributed by atoms with Crippen LogP contribution in [0.25, 0.3) is 0 Å². The van der Waals surface area contributed by atoms with Crippen LogP contribution in [0.2, 0.25) is 5.02 Å². The van der Waals surface area contributed by atoms with Crippen molar-refractivity contribution in [1.29, 1.82) is 0 Å². The van der Waals surface area contributed by atoms with E-state index in [1.807, 2.05) is 0 Å². The summed E-state index contributed by atoms with van der Waals surface area (Å²) in [7, 11) is -3.55. The normalized spacial score (nSPS) is 14.2. The van der Waals surface area contributed by atoms with Crippen molar-refractivity contribution < 1.29 is 27.7 Å². The van der Waals surface area contributed by atoms with Crippen LogP contribution < -0.4 is 5.32 Å². The Balaban J connectivity index is 1.57. The van der Waals surface area contributed by atoms with Crippen LogP contribution in [0.3, 0.4) is 0 Å². The lowest BCUT2D eigenvalue weighted by molar-refractivity contribution is -0.384. The van der Waals surface area contributed by atoms with Crippen molar-refractivity contribution >= 4 is 44.9 Å². The van der Waals surface area contributed by atoms with Crippen LogP contribution in [-0.4, -0.2) is 49.2 Å². The molecule has 1 aliphatic rings. The lowest BCUT2D eigenvalue weighted by atomic mass is 10.2. The molecule has 3 rings (SSSR count). The Morgan fingerprint density at radius 3 is 2.39 bits per heavy atom. The molecule has 164 valence electrons. The van der Waals surface area contributed by atoms with Crippen molar-refractivity contribution in [2.75, 3.05) is 25.0 Å². The van der Waals surface area contributed by atoms with Crippen LogP contribution >= 0.6 is 11.6 Å². The largest absolute Gasteiger partial charge is 0.452 e. The Labute approximate surface area is 183 Å². The summed E-state index contributed by atoms with van der Waals surface area (Å²) < 4.78 is 31.3. The van der Waals surface area contributed by atoms with E-state index in [1.165, 1.54) is 40.7 Å². The molecule has 1 amide bonds. The van der Waals surface area contributed by atoms with Gasteiger partial charge in [-0.2, -0.15) is 4.31 Å². The van der Waals surface area contributed by atoms with Gasteiger partial charge in [-0.1, -0.05) is 11.6 Å². The molecule has 0 unspecified atom stereocenters. The number of amides is 1. The molecule has 0 saturated carbocycles. The number of anilines is 1. The number of hydrogen-bond acceptors (Lipinski definition) is 7. The molecule has 10 nitrogen and oxygen atoms in total. The molecule has 2 aromatic rings. The molecule has 0 radical (unpaired) electrons. The van der Waals surface area contributed by atoms with Crippen molar-refractivity contribution in [3.63, 3.8) is 0 Å². The van der Waals surface area contributed by atoms with E-state index in [-0.39, 0.29) is 15.5 Å². The minimum atomic E-state index is -3.55. The average Bonchev–Trinajstić information content (AvgIpc) is 3.28. The van der Waals surface area contributed by atoms with Crippen molar-refractivity contribution in [3.8, 4) is 0 Å². The highest BCUT2D eigenvalue weighted by atomic mass is 35.5. The number of hydrogen-bond donors (Lipinski definition) is 1. The number of sulfonamides is 1. The number of nitro benzene ring substituents is 1. The first-order valence-corrected chi connectivity index (χ1v) is 11.0. The Kier molecular flexibility index (Phi) is 6.88. The maximum atomic E-state index is 12.5. The molecular weight excluding hydrogens is 450 g/mol. The van der Waals surface area contributed by atoms with Crippen LogP contribution in [-0.2, 0) is 19.6 Å². The zero-order chi connectivity index (χ0) is 22.6. The number of esters is 1. The van der Waals surface area contributed by atoms with Gasteiger partial charge in [-0.25, -0.2) is 13.2 Å². The molecule has 0 spiro atoms. The minimum Gasteiger partial charge on any atom is -0.452 e. The number of halogens is 1. The van der Waals surface area contributed by atoms with Crippen molar-refractivity contribution in [2.24, 2.45) is 0 Å². The third-order valence-electron chi connectivity index (χ3n) is 4.55. The summed E-state index contributed by atoms with van der Waals surface area (Å²) in [5.41, 5.74) is -0.256. The molecule has 1 fully saturated rings. The van der Waals surface area contributed by atoms with Crippen molar-refractivity contribution in [2.45, 2.75) is 17.7 Å². The molecule has 1 N–H and O–H groups in total. The van der Waals surface area contributed by atoms with E-state index in [2.05, 4.69) is 5.32 Å². The lowest BCUT2D eigenvalue weighted by Crippen LogP contribution is -2.27. The number of ether oxygens (including phenoxy) is 1. The van der Waals surface area contributed by atoms with Gasteiger partial charge in [-0.05, 0) is 49.2 Å². The van der Waals surface area contributed by atoms with Gasteiger partial charge in [-0.3, -0.25) is 14.9 Å². The summed E-state index contributed by atoms with van der Waals surface area (Å²) in [5.74, 6) is -1.59. The molecule has 0 aromatic heterocycles. The van der Waals surface area contributed by atoms with Gasteiger partial charge in [-0.15, -0.1) is 0 Å². The first-order chi connectivity index (χ1) is 14.7. The summed E-state index contributed by atoms with van der Waals surface area (Å²) in [6, 6.07) is 9.05. The van der Waals surface area contributed by atoms with Gasteiger partial charge in [0.05, 0.1) is 15.4 Å². The van der Waals surface area contributed by atoms with Gasteiger partial charge in [0.2, 0.25) is 10.0 Å². The highest BCUT2D eigenvalue weighted by Gasteiger charge is 2.27. The third kappa shape index (κ3) is 5.37. The van der Waals surface area contributed by atoms with E-state index in [9.17, 15) is 28.1 Å². The van der Waals surface area contributed by atoms with Crippen LogP contribution in [0.15, 0.2) is 47.4 Å². The monoisotopic (exact) mass is 467 g/mol. The SMILES string of the molecule is O=C(COC(=O)c1ccc(Cl)c([N+](=O)[O-])c1)Nc1ccc(S(=O)(=O)N2CCCC2)cc1. The molecule has 31 heavy (non-hydrogen) atoms. The highest BCUT2D eigenvalue weighted by Crippen LogP contribution is 2.25. The van der Waals surface area contributed by atoms with Gasteiger partial charge in [0, 0.05) is 24.8 Å². The number of benzene rings is 2. The number of carbonyl (C=O) groups excluding carboxylic acids is 2. The molecule has 1 heterocycles. The summed E-state index contributed by atoms with van der Waals surface area (Å²) in [6.07, 6.45) is 1.66. The Bertz CT molecular complexity index is 1110. The van der Waals surface area contributed by atoms with E-state index < -0.39 is 39.1 Å². The first kappa shape index (κ1) is 22.7.